The minimum atomic E-state index is -0.432. The van der Waals surface area contributed by atoms with E-state index in [2.05, 4.69) is 109 Å². The first-order valence-corrected chi connectivity index (χ1v) is 20.1. The lowest BCUT2D eigenvalue weighted by atomic mass is 9.99. The summed E-state index contributed by atoms with van der Waals surface area (Å²) in [4.78, 5) is 17.2. The van der Waals surface area contributed by atoms with E-state index in [1.54, 1.807) is 20.4 Å². The maximum absolute atomic E-state index is 5.93. The standard InChI is InChI=1S/C36H49BrN9O2P/c1-7-26-18-31(33(48-4)20-32(26)45-12-10-27(11-13-45)44-16-14-43(2)15-17-44)41-36-38-22-29(37)35(42-36)40-30-9-8-28(19-34(30)49(5)6)46-23-25(21-39-46)24-47-3/h8-9,18-23,27H,7,10-17,24H2,1-6H3,(H2,38,40,41,42). The van der Waals surface area contributed by atoms with Gasteiger partial charge in [0.2, 0.25) is 5.95 Å². The van der Waals surface area contributed by atoms with Crippen LogP contribution in [-0.2, 0) is 17.8 Å². The van der Waals surface area contributed by atoms with E-state index in [-0.39, 0.29) is 0 Å². The third-order valence-electron chi connectivity index (χ3n) is 9.56. The molecule has 0 amide bonds. The zero-order valence-electron chi connectivity index (χ0n) is 29.5. The van der Waals surface area contributed by atoms with Crippen molar-refractivity contribution in [3.8, 4) is 11.4 Å². The van der Waals surface area contributed by atoms with Gasteiger partial charge in [0, 0.05) is 93.1 Å². The van der Waals surface area contributed by atoms with Gasteiger partial charge >= 0.3 is 0 Å². The summed E-state index contributed by atoms with van der Waals surface area (Å²) in [5, 5.41) is 12.8. The van der Waals surface area contributed by atoms with Gasteiger partial charge in [-0.15, -0.1) is 0 Å². The van der Waals surface area contributed by atoms with Gasteiger partial charge in [-0.3, -0.25) is 4.90 Å². The fraction of sp³-hybridized carbons (Fsp3) is 0.472. The zero-order chi connectivity index (χ0) is 34.5. The number of hydrogen-bond acceptors (Lipinski definition) is 10. The summed E-state index contributed by atoms with van der Waals surface area (Å²) in [5.41, 5.74) is 6.44. The lowest BCUT2D eigenvalue weighted by Gasteiger charge is -2.43. The molecule has 13 heteroatoms. The Labute approximate surface area is 300 Å². The first-order chi connectivity index (χ1) is 23.8. The molecule has 2 aliphatic rings. The van der Waals surface area contributed by atoms with Crippen molar-refractivity contribution in [3.63, 3.8) is 0 Å². The molecule has 0 atom stereocenters. The molecule has 0 bridgehead atoms. The number of piperazine rings is 1. The second kappa shape index (κ2) is 16.2. The smallest absolute Gasteiger partial charge is 0.229 e. The van der Waals surface area contributed by atoms with E-state index < -0.39 is 7.92 Å². The van der Waals surface area contributed by atoms with Crippen molar-refractivity contribution < 1.29 is 9.47 Å². The largest absolute Gasteiger partial charge is 0.494 e. The first-order valence-electron chi connectivity index (χ1n) is 17.1. The lowest BCUT2D eigenvalue weighted by Crippen LogP contribution is -2.52. The molecule has 49 heavy (non-hydrogen) atoms. The van der Waals surface area contributed by atoms with Crippen LogP contribution in [0.25, 0.3) is 5.69 Å². The van der Waals surface area contributed by atoms with Crippen LogP contribution in [0.5, 0.6) is 5.75 Å². The summed E-state index contributed by atoms with van der Waals surface area (Å²) in [6, 6.07) is 11.4. The van der Waals surface area contributed by atoms with Crippen molar-refractivity contribution in [3.05, 3.63) is 64.5 Å². The predicted octanol–water partition coefficient (Wildman–Crippen LogP) is 6.21. The Morgan fingerprint density at radius 3 is 2.43 bits per heavy atom. The van der Waals surface area contributed by atoms with E-state index in [0.29, 0.717) is 24.4 Å². The van der Waals surface area contributed by atoms with Crippen molar-refractivity contribution in [2.45, 2.75) is 38.8 Å². The number of nitrogens with one attached hydrogen (secondary N) is 2. The molecular weight excluding hydrogens is 701 g/mol. The van der Waals surface area contributed by atoms with Gasteiger partial charge in [0.25, 0.3) is 0 Å². The summed E-state index contributed by atoms with van der Waals surface area (Å²) in [6.07, 6.45) is 8.93. The van der Waals surface area contributed by atoms with Crippen LogP contribution < -0.4 is 25.6 Å². The average Bonchev–Trinajstić information content (AvgIpc) is 3.59. The Kier molecular flexibility index (Phi) is 11.7. The normalized spacial score (nSPS) is 16.4. The minimum absolute atomic E-state index is 0.432. The fourth-order valence-electron chi connectivity index (χ4n) is 6.76. The van der Waals surface area contributed by atoms with Gasteiger partial charge in [-0.05, 0) is 85.4 Å². The minimum Gasteiger partial charge on any atom is -0.494 e. The summed E-state index contributed by atoms with van der Waals surface area (Å²) in [6.45, 7) is 14.1. The Balaban J connectivity index is 1.18. The molecule has 2 saturated heterocycles. The third kappa shape index (κ3) is 8.37. The van der Waals surface area contributed by atoms with Crippen LogP contribution in [-0.4, -0.2) is 109 Å². The number of ether oxygens (including phenoxy) is 2. The molecule has 0 radical (unpaired) electrons. The number of rotatable bonds is 12. The van der Waals surface area contributed by atoms with Crippen LogP contribution in [0.15, 0.2) is 53.4 Å². The Bertz CT molecular complexity index is 1720. The number of aromatic nitrogens is 4. The van der Waals surface area contributed by atoms with Gasteiger partial charge in [-0.25, -0.2) is 9.67 Å². The van der Waals surface area contributed by atoms with E-state index in [1.807, 2.05) is 17.1 Å². The summed E-state index contributed by atoms with van der Waals surface area (Å²) in [7, 11) is 5.21. The van der Waals surface area contributed by atoms with Crippen molar-refractivity contribution in [1.29, 1.82) is 0 Å². The SMILES string of the molecule is CCc1cc(Nc2ncc(Br)c(Nc3ccc(-n4cc(COC)cn4)cc3P(C)C)n2)c(OC)cc1N1CCC(N2CCN(C)CC2)CC1. The number of aryl methyl sites for hydroxylation is 1. The monoisotopic (exact) mass is 749 g/mol. The summed E-state index contributed by atoms with van der Waals surface area (Å²) < 4.78 is 13.9. The quantitative estimate of drug-likeness (QED) is 0.163. The van der Waals surface area contributed by atoms with Crippen LogP contribution in [0.1, 0.15) is 30.9 Å². The number of anilines is 5. The first kappa shape index (κ1) is 35.5. The summed E-state index contributed by atoms with van der Waals surface area (Å²) >= 11 is 3.67. The number of benzene rings is 2. The molecule has 6 rings (SSSR count). The highest BCUT2D eigenvalue weighted by molar-refractivity contribution is 9.10. The molecule has 4 aromatic rings. The van der Waals surface area contributed by atoms with Gasteiger partial charge in [-0.2, -0.15) is 10.1 Å². The van der Waals surface area contributed by atoms with E-state index >= 15 is 0 Å². The van der Waals surface area contributed by atoms with Gasteiger partial charge in [0.1, 0.15) is 11.6 Å². The second-order valence-corrected chi connectivity index (χ2v) is 16.2. The average molecular weight is 751 g/mol. The van der Waals surface area contributed by atoms with Crippen LogP contribution in [0.3, 0.4) is 0 Å². The molecule has 2 fully saturated rings. The highest BCUT2D eigenvalue weighted by Crippen LogP contribution is 2.38. The highest BCUT2D eigenvalue weighted by atomic mass is 79.9. The van der Waals surface area contributed by atoms with Crippen molar-refractivity contribution in [1.82, 2.24) is 29.5 Å². The number of methoxy groups -OCH3 is 2. The highest BCUT2D eigenvalue weighted by Gasteiger charge is 2.28. The third-order valence-corrected chi connectivity index (χ3v) is 11.5. The van der Waals surface area contributed by atoms with Crippen molar-refractivity contribution in [2.24, 2.45) is 0 Å². The molecule has 0 saturated carbocycles. The number of likely N-dealkylation sites (N-methyl/N-ethyl adjacent to an activating group) is 1. The molecule has 0 spiro atoms. The Morgan fingerprint density at radius 2 is 1.73 bits per heavy atom. The second-order valence-electron chi connectivity index (χ2n) is 13.1. The van der Waals surface area contributed by atoms with E-state index in [4.69, 9.17) is 14.5 Å². The van der Waals surface area contributed by atoms with Gasteiger partial charge < -0.3 is 29.9 Å². The van der Waals surface area contributed by atoms with Crippen molar-refractivity contribution in [2.75, 3.05) is 89.4 Å². The molecule has 0 aliphatic carbocycles. The van der Waals surface area contributed by atoms with Crippen LogP contribution in [0.4, 0.5) is 28.8 Å². The molecule has 2 aromatic heterocycles. The molecule has 2 aliphatic heterocycles. The number of halogens is 1. The van der Waals surface area contributed by atoms with Crippen LogP contribution >= 0.6 is 23.9 Å². The molecule has 0 unspecified atom stereocenters. The van der Waals surface area contributed by atoms with Crippen LogP contribution in [0, 0.1) is 0 Å². The number of hydrogen-bond donors (Lipinski definition) is 2. The maximum Gasteiger partial charge on any atom is 0.229 e. The summed E-state index contributed by atoms with van der Waals surface area (Å²) in [5.74, 6) is 1.95. The maximum atomic E-state index is 5.93. The van der Waals surface area contributed by atoms with E-state index in [0.717, 1.165) is 52.4 Å². The van der Waals surface area contributed by atoms with Gasteiger partial charge in [0.15, 0.2) is 0 Å². The topological polar surface area (TPSA) is 95.8 Å². The molecule has 262 valence electrons. The zero-order valence-corrected chi connectivity index (χ0v) is 32.0. The fourth-order valence-corrected chi connectivity index (χ4v) is 8.05. The van der Waals surface area contributed by atoms with Crippen LogP contribution in [0.2, 0.25) is 0 Å². The Morgan fingerprint density at radius 1 is 0.959 bits per heavy atom. The lowest BCUT2D eigenvalue weighted by molar-refractivity contribution is 0.0982. The molecule has 2 N–H and O–H groups in total. The van der Waals surface area contributed by atoms with E-state index in [1.165, 1.54) is 55.6 Å². The molecule has 4 heterocycles. The van der Waals surface area contributed by atoms with Gasteiger partial charge in [0.05, 0.1) is 35.8 Å². The number of piperidine rings is 1. The molecule has 11 nitrogen and oxygen atoms in total. The number of nitrogens with zero attached hydrogens (tertiary/aromatic N) is 7. The predicted molar refractivity (Wildman–Crippen MR) is 206 cm³/mol. The Hall–Kier alpha value is -3.28. The van der Waals surface area contributed by atoms with Gasteiger partial charge in [-0.1, -0.05) is 14.8 Å². The molecule has 2 aromatic carbocycles. The molecular formula is C36H49BrN9O2P. The van der Waals surface area contributed by atoms with Crippen molar-refractivity contribution >= 4 is 58.0 Å². The van der Waals surface area contributed by atoms with E-state index in [9.17, 15) is 0 Å².